The number of hydrogen-bond acceptors (Lipinski definition) is 2. The van der Waals surface area contributed by atoms with Gasteiger partial charge in [-0.3, -0.25) is 0 Å². The van der Waals surface area contributed by atoms with E-state index in [0.29, 0.717) is 16.9 Å². The second kappa shape index (κ2) is 12.1. The minimum Gasteiger partial charge on any atom is -0.308 e. The number of rotatable bonds is 3. The van der Waals surface area contributed by atoms with Gasteiger partial charge in [-0.1, -0.05) is 108 Å². The molecule has 54 heavy (non-hydrogen) atoms. The lowest BCUT2D eigenvalue weighted by Gasteiger charge is -2.22. The molecule has 0 aliphatic heterocycles. The van der Waals surface area contributed by atoms with Crippen LogP contribution in [0, 0.1) is 22.7 Å². The Morgan fingerprint density at radius 3 is 1.39 bits per heavy atom. The zero-order valence-corrected chi connectivity index (χ0v) is 30.9. The summed E-state index contributed by atoms with van der Waals surface area (Å²) < 4.78 is 48.8. The number of halogens is 3. The maximum Gasteiger partial charge on any atom is 0.417 e. The van der Waals surface area contributed by atoms with Crippen LogP contribution in [0.5, 0.6) is 0 Å². The summed E-state index contributed by atoms with van der Waals surface area (Å²) in [6, 6.07) is 40.0. The van der Waals surface area contributed by atoms with Crippen LogP contribution < -0.4 is 0 Å². The first kappa shape index (κ1) is 34.8. The monoisotopic (exact) mass is 714 g/mol. The van der Waals surface area contributed by atoms with Crippen LogP contribution in [-0.4, -0.2) is 9.13 Å². The predicted octanol–water partition coefficient (Wildman–Crippen LogP) is 12.9. The molecule has 0 radical (unpaired) electrons. The molecule has 8 aromatic rings. The van der Waals surface area contributed by atoms with Gasteiger partial charge in [-0.25, -0.2) is 0 Å². The van der Waals surface area contributed by atoms with Crippen LogP contribution in [0.1, 0.15) is 69.4 Å². The molecule has 0 spiro atoms. The minimum atomic E-state index is -4.75. The van der Waals surface area contributed by atoms with Crippen molar-refractivity contribution in [2.75, 3.05) is 0 Å². The molecule has 2 heterocycles. The molecule has 2 aromatic heterocycles. The molecule has 0 fully saturated rings. The molecular weight excluding hydrogens is 678 g/mol. The van der Waals surface area contributed by atoms with Crippen molar-refractivity contribution in [3.05, 3.63) is 143 Å². The molecule has 0 aliphatic carbocycles. The Kier molecular flexibility index (Phi) is 7.80. The highest BCUT2D eigenvalue weighted by Gasteiger charge is 2.35. The van der Waals surface area contributed by atoms with Gasteiger partial charge in [0, 0.05) is 21.5 Å². The van der Waals surface area contributed by atoms with Crippen molar-refractivity contribution in [1.29, 1.82) is 10.5 Å². The third-order valence-electron chi connectivity index (χ3n) is 10.5. The van der Waals surface area contributed by atoms with E-state index in [4.69, 9.17) is 0 Å². The summed E-state index contributed by atoms with van der Waals surface area (Å²) in [4.78, 5) is 0. The van der Waals surface area contributed by atoms with Crippen molar-refractivity contribution in [1.82, 2.24) is 9.13 Å². The SMILES string of the molecule is CC(C)(C)c1ccc2c3ccccc3n(-c3cc(-c4ccc(C#N)cc4C(F)(F)F)cc(-n4c5ccccc5c5ccc(C(C)(C)C)cc54)c3C#N)c2c1. The molecule has 0 saturated heterocycles. The highest BCUT2D eigenvalue weighted by molar-refractivity contribution is 6.11. The predicted molar refractivity (Wildman–Crippen MR) is 212 cm³/mol. The molecule has 0 amide bonds. The average Bonchev–Trinajstić information content (AvgIpc) is 3.65. The van der Waals surface area contributed by atoms with E-state index in [0.717, 1.165) is 60.8 Å². The van der Waals surface area contributed by atoms with E-state index in [1.807, 2.05) is 63.7 Å². The highest BCUT2D eigenvalue weighted by atomic mass is 19.4. The van der Waals surface area contributed by atoms with Gasteiger partial charge in [0.2, 0.25) is 0 Å². The third-order valence-corrected chi connectivity index (χ3v) is 10.5. The number of hydrogen-bond donors (Lipinski definition) is 0. The van der Waals surface area contributed by atoms with Gasteiger partial charge < -0.3 is 9.13 Å². The molecule has 6 aromatic carbocycles. The fourth-order valence-electron chi connectivity index (χ4n) is 7.73. The largest absolute Gasteiger partial charge is 0.417 e. The van der Waals surface area contributed by atoms with Gasteiger partial charge in [-0.05, 0) is 81.6 Å². The minimum absolute atomic E-state index is 0.0826. The van der Waals surface area contributed by atoms with Gasteiger partial charge in [-0.15, -0.1) is 0 Å². The Morgan fingerprint density at radius 2 is 0.963 bits per heavy atom. The summed E-state index contributed by atoms with van der Waals surface area (Å²) in [5.41, 5.74) is 5.51. The van der Waals surface area contributed by atoms with Crippen LogP contribution in [0.3, 0.4) is 0 Å². The summed E-state index contributed by atoms with van der Waals surface area (Å²) >= 11 is 0. The first-order valence-electron chi connectivity index (χ1n) is 17.9. The lowest BCUT2D eigenvalue weighted by molar-refractivity contribution is -0.137. The normalized spacial score (nSPS) is 12.5. The van der Waals surface area contributed by atoms with Gasteiger partial charge in [0.25, 0.3) is 0 Å². The molecule has 0 aliphatic rings. The molecular formula is C47H37F3N4. The molecule has 266 valence electrons. The summed E-state index contributed by atoms with van der Waals surface area (Å²) in [6.07, 6.45) is -4.75. The van der Waals surface area contributed by atoms with Crippen LogP contribution in [0.25, 0.3) is 66.1 Å². The van der Waals surface area contributed by atoms with E-state index < -0.39 is 11.7 Å². The smallest absolute Gasteiger partial charge is 0.308 e. The maximum atomic E-state index is 14.9. The number of nitriles is 2. The van der Waals surface area contributed by atoms with Gasteiger partial charge >= 0.3 is 6.18 Å². The van der Waals surface area contributed by atoms with Crippen LogP contribution in [-0.2, 0) is 17.0 Å². The average molecular weight is 715 g/mol. The van der Waals surface area contributed by atoms with Gasteiger partial charge in [0.15, 0.2) is 0 Å². The lowest BCUT2D eigenvalue weighted by atomic mass is 9.86. The molecule has 0 N–H and O–H groups in total. The van der Waals surface area contributed by atoms with Gasteiger partial charge in [0.05, 0.1) is 50.6 Å². The summed E-state index contributed by atoms with van der Waals surface area (Å²) in [5.74, 6) is 0. The molecule has 0 saturated carbocycles. The molecule has 7 heteroatoms. The topological polar surface area (TPSA) is 57.4 Å². The fourth-order valence-corrected chi connectivity index (χ4v) is 7.73. The van der Waals surface area contributed by atoms with Gasteiger partial charge in [0.1, 0.15) is 11.6 Å². The van der Waals surface area contributed by atoms with E-state index in [-0.39, 0.29) is 27.5 Å². The van der Waals surface area contributed by atoms with Crippen LogP contribution in [0.4, 0.5) is 13.2 Å². The van der Waals surface area contributed by atoms with Crippen molar-refractivity contribution in [2.45, 2.75) is 58.5 Å². The Morgan fingerprint density at radius 1 is 0.500 bits per heavy atom. The molecule has 0 unspecified atom stereocenters. The third kappa shape index (κ3) is 5.51. The second-order valence-electron chi connectivity index (χ2n) is 16.0. The van der Waals surface area contributed by atoms with E-state index >= 15 is 0 Å². The van der Waals surface area contributed by atoms with Crippen molar-refractivity contribution in [3.8, 4) is 34.6 Å². The first-order chi connectivity index (χ1) is 25.6. The fraction of sp³-hybridized carbons (Fsp3) is 0.191. The van der Waals surface area contributed by atoms with E-state index in [9.17, 15) is 23.7 Å². The number of benzene rings is 6. The Balaban J connectivity index is 1.59. The standard InChI is InChI=1S/C47H37F3N4/c1-45(2,3)30-16-19-35-33-11-7-9-13-39(33)53(43(35)24-30)41-22-29(32-18-15-28(26-51)21-38(32)47(48,49)50)23-42(37(41)27-52)54-40-14-10-8-12-34(40)36-20-17-31(25-44(36)54)46(4,5)6/h7-25H,1-6H3. The lowest BCUT2D eigenvalue weighted by Crippen LogP contribution is -2.12. The summed E-state index contributed by atoms with van der Waals surface area (Å²) in [7, 11) is 0. The van der Waals surface area contributed by atoms with Gasteiger partial charge in [-0.2, -0.15) is 23.7 Å². The summed E-state index contributed by atoms with van der Waals surface area (Å²) in [5, 5.41) is 24.7. The number of nitrogens with zero attached hydrogens (tertiary/aromatic N) is 4. The van der Waals surface area contributed by atoms with Crippen molar-refractivity contribution >= 4 is 43.6 Å². The zero-order valence-electron chi connectivity index (χ0n) is 30.9. The van der Waals surface area contributed by atoms with Crippen molar-refractivity contribution < 1.29 is 13.2 Å². The Bertz CT molecular complexity index is 2760. The van der Waals surface area contributed by atoms with Crippen molar-refractivity contribution in [3.63, 3.8) is 0 Å². The maximum absolute atomic E-state index is 14.9. The highest BCUT2D eigenvalue weighted by Crippen LogP contribution is 2.44. The number of fused-ring (bicyclic) bond motifs is 6. The molecule has 0 bridgehead atoms. The Hall–Kier alpha value is -6.31. The number of alkyl halides is 3. The quantitative estimate of drug-likeness (QED) is 0.183. The van der Waals surface area contributed by atoms with Crippen LogP contribution in [0.15, 0.2) is 115 Å². The first-order valence-corrected chi connectivity index (χ1v) is 17.9. The summed E-state index contributed by atoms with van der Waals surface area (Å²) in [6.45, 7) is 12.8. The molecule has 0 atom stereocenters. The Labute approximate surface area is 311 Å². The van der Waals surface area contributed by atoms with Crippen molar-refractivity contribution in [2.24, 2.45) is 0 Å². The zero-order chi connectivity index (χ0) is 38.3. The van der Waals surface area contributed by atoms with E-state index in [2.05, 4.69) is 84.0 Å². The van der Waals surface area contributed by atoms with E-state index in [1.165, 1.54) is 12.1 Å². The number of para-hydroxylation sites is 2. The van der Waals surface area contributed by atoms with E-state index in [1.54, 1.807) is 12.1 Å². The second-order valence-corrected chi connectivity index (χ2v) is 16.0. The van der Waals surface area contributed by atoms with Crippen LogP contribution >= 0.6 is 0 Å². The number of aromatic nitrogens is 2. The van der Waals surface area contributed by atoms with Crippen LogP contribution in [0.2, 0.25) is 0 Å². The molecule has 4 nitrogen and oxygen atoms in total. The molecule has 8 rings (SSSR count).